The van der Waals surface area contributed by atoms with Gasteiger partial charge >= 0.3 is 0 Å². The van der Waals surface area contributed by atoms with Gasteiger partial charge in [-0.1, -0.05) is 17.3 Å². The predicted molar refractivity (Wildman–Crippen MR) is 88.6 cm³/mol. The van der Waals surface area contributed by atoms with E-state index < -0.39 is 0 Å². The van der Waals surface area contributed by atoms with Crippen molar-refractivity contribution in [3.8, 4) is 28.6 Å². The van der Waals surface area contributed by atoms with Crippen LogP contribution >= 0.6 is 0 Å². The highest BCUT2D eigenvalue weighted by Crippen LogP contribution is 2.31. The average Bonchev–Trinajstić information content (AvgIpc) is 3.10. The van der Waals surface area contributed by atoms with Gasteiger partial charge in [0.2, 0.25) is 11.7 Å². The normalized spacial score (nSPS) is 10.5. The molecular weight excluding hydrogens is 308 g/mol. The van der Waals surface area contributed by atoms with E-state index in [-0.39, 0.29) is 0 Å². The van der Waals surface area contributed by atoms with Crippen LogP contribution in [-0.4, -0.2) is 31.5 Å². The molecule has 0 amide bonds. The van der Waals surface area contributed by atoms with E-state index in [2.05, 4.69) is 10.1 Å². The fourth-order valence-electron chi connectivity index (χ4n) is 2.34. The highest BCUT2D eigenvalue weighted by molar-refractivity contribution is 5.60. The molecule has 0 aliphatic heterocycles. The summed E-state index contributed by atoms with van der Waals surface area (Å²) in [6.07, 6.45) is 0.560. The van der Waals surface area contributed by atoms with E-state index >= 15 is 0 Å². The molecule has 0 spiro atoms. The van der Waals surface area contributed by atoms with Gasteiger partial charge in [-0.3, -0.25) is 0 Å². The number of hydrogen-bond acceptors (Lipinski definition) is 6. The third kappa shape index (κ3) is 3.32. The molecule has 0 atom stereocenters. The molecule has 124 valence electrons. The second-order valence-electron chi connectivity index (χ2n) is 5.11. The molecule has 0 fully saturated rings. The topological polar surface area (TPSA) is 66.6 Å². The fraction of sp³-hybridized carbons (Fsp3) is 0.222. The minimum Gasteiger partial charge on any atom is -0.497 e. The summed E-state index contributed by atoms with van der Waals surface area (Å²) in [6.45, 7) is 0. The molecule has 1 aromatic heterocycles. The van der Waals surface area contributed by atoms with Gasteiger partial charge < -0.3 is 18.7 Å². The Bertz CT molecular complexity index is 812. The first-order valence-corrected chi connectivity index (χ1v) is 7.41. The molecule has 0 unspecified atom stereocenters. The minimum absolute atomic E-state index is 0.513. The van der Waals surface area contributed by atoms with Gasteiger partial charge in [-0.2, -0.15) is 4.98 Å². The number of methoxy groups -OCH3 is 3. The van der Waals surface area contributed by atoms with Gasteiger partial charge in [0.25, 0.3) is 0 Å². The molecule has 3 aromatic rings. The lowest BCUT2D eigenvalue weighted by Gasteiger charge is -2.07. The zero-order chi connectivity index (χ0) is 16.9. The van der Waals surface area contributed by atoms with E-state index in [0.717, 1.165) is 16.9 Å². The molecule has 0 saturated carbocycles. The van der Waals surface area contributed by atoms with Crippen molar-refractivity contribution in [1.82, 2.24) is 10.1 Å². The van der Waals surface area contributed by atoms with Crippen molar-refractivity contribution in [1.29, 1.82) is 0 Å². The number of nitrogens with zero attached hydrogens (tertiary/aromatic N) is 2. The second-order valence-corrected chi connectivity index (χ2v) is 5.11. The van der Waals surface area contributed by atoms with Crippen LogP contribution in [0.3, 0.4) is 0 Å². The summed E-state index contributed by atoms with van der Waals surface area (Å²) in [6, 6.07) is 13.2. The van der Waals surface area contributed by atoms with Crippen LogP contribution in [0.4, 0.5) is 0 Å². The molecule has 0 aliphatic rings. The zero-order valence-corrected chi connectivity index (χ0v) is 13.8. The first-order valence-electron chi connectivity index (χ1n) is 7.41. The van der Waals surface area contributed by atoms with E-state index in [1.807, 2.05) is 42.5 Å². The zero-order valence-electron chi connectivity index (χ0n) is 13.8. The molecule has 0 aliphatic carbocycles. The molecule has 1 heterocycles. The number of aromatic nitrogens is 2. The molecule has 0 bridgehead atoms. The summed E-state index contributed by atoms with van der Waals surface area (Å²) in [5, 5.41) is 4.04. The van der Waals surface area contributed by atoms with Crippen molar-refractivity contribution in [3.05, 3.63) is 53.9 Å². The summed E-state index contributed by atoms with van der Waals surface area (Å²) < 4.78 is 21.0. The number of benzene rings is 2. The van der Waals surface area contributed by atoms with Crippen LogP contribution in [0, 0.1) is 0 Å². The average molecular weight is 326 g/mol. The Labute approximate surface area is 140 Å². The van der Waals surface area contributed by atoms with Crippen LogP contribution in [0.25, 0.3) is 11.4 Å². The maximum absolute atomic E-state index is 5.35. The summed E-state index contributed by atoms with van der Waals surface area (Å²) in [4.78, 5) is 4.44. The third-order valence-corrected chi connectivity index (χ3v) is 3.62. The first kappa shape index (κ1) is 15.9. The lowest BCUT2D eigenvalue weighted by Crippen LogP contribution is -1.92. The Balaban J connectivity index is 1.79. The third-order valence-electron chi connectivity index (χ3n) is 3.62. The molecule has 24 heavy (non-hydrogen) atoms. The number of rotatable bonds is 6. The molecule has 0 saturated heterocycles. The van der Waals surface area contributed by atoms with Crippen LogP contribution in [-0.2, 0) is 6.42 Å². The van der Waals surface area contributed by atoms with E-state index in [4.69, 9.17) is 18.7 Å². The molecule has 6 nitrogen and oxygen atoms in total. The van der Waals surface area contributed by atoms with Crippen molar-refractivity contribution in [3.63, 3.8) is 0 Å². The standard InChI is InChI=1S/C18H18N2O4/c1-21-14-7-4-12(5-8-14)10-17-19-18(20-24-17)13-6-9-15(22-2)16(11-13)23-3/h4-9,11H,10H2,1-3H3. The summed E-state index contributed by atoms with van der Waals surface area (Å²) in [5.74, 6) is 3.15. The van der Waals surface area contributed by atoms with Crippen LogP contribution in [0.15, 0.2) is 47.0 Å². The Kier molecular flexibility index (Phi) is 4.65. The Morgan fingerprint density at radius 2 is 1.62 bits per heavy atom. The number of hydrogen-bond donors (Lipinski definition) is 0. The minimum atomic E-state index is 0.513. The van der Waals surface area contributed by atoms with E-state index in [1.54, 1.807) is 21.3 Å². The SMILES string of the molecule is COc1ccc(Cc2nc(-c3ccc(OC)c(OC)c3)no2)cc1. The maximum atomic E-state index is 5.35. The highest BCUT2D eigenvalue weighted by atomic mass is 16.5. The van der Waals surface area contributed by atoms with E-state index in [1.165, 1.54) is 0 Å². The van der Waals surface area contributed by atoms with Crippen LogP contribution in [0.2, 0.25) is 0 Å². The molecule has 0 radical (unpaired) electrons. The van der Waals surface area contributed by atoms with Crippen molar-refractivity contribution in [2.45, 2.75) is 6.42 Å². The quantitative estimate of drug-likeness (QED) is 0.692. The van der Waals surface area contributed by atoms with Gasteiger partial charge in [0.1, 0.15) is 5.75 Å². The van der Waals surface area contributed by atoms with Crippen molar-refractivity contribution in [2.24, 2.45) is 0 Å². The Morgan fingerprint density at radius 1 is 0.875 bits per heavy atom. The lowest BCUT2D eigenvalue weighted by atomic mass is 10.1. The van der Waals surface area contributed by atoms with Crippen molar-refractivity contribution >= 4 is 0 Å². The first-order chi connectivity index (χ1) is 11.7. The summed E-state index contributed by atoms with van der Waals surface area (Å²) >= 11 is 0. The Morgan fingerprint density at radius 3 is 2.29 bits per heavy atom. The monoisotopic (exact) mass is 326 g/mol. The van der Waals surface area contributed by atoms with Crippen LogP contribution in [0.1, 0.15) is 11.5 Å². The predicted octanol–water partition coefficient (Wildman–Crippen LogP) is 3.35. The van der Waals surface area contributed by atoms with Crippen LogP contribution < -0.4 is 14.2 Å². The molecule has 3 rings (SSSR count). The summed E-state index contributed by atoms with van der Waals surface area (Å²) in [7, 11) is 4.83. The smallest absolute Gasteiger partial charge is 0.231 e. The highest BCUT2D eigenvalue weighted by Gasteiger charge is 2.12. The van der Waals surface area contributed by atoms with Crippen molar-refractivity contribution < 1.29 is 18.7 Å². The largest absolute Gasteiger partial charge is 0.497 e. The van der Waals surface area contributed by atoms with Crippen LogP contribution in [0.5, 0.6) is 17.2 Å². The molecular formula is C18H18N2O4. The van der Waals surface area contributed by atoms with Gasteiger partial charge in [0.05, 0.1) is 27.8 Å². The van der Waals surface area contributed by atoms with Gasteiger partial charge in [-0.15, -0.1) is 0 Å². The lowest BCUT2D eigenvalue weighted by molar-refractivity contribution is 0.355. The summed E-state index contributed by atoms with van der Waals surface area (Å²) in [5.41, 5.74) is 1.87. The van der Waals surface area contributed by atoms with Gasteiger partial charge in [-0.25, -0.2) is 0 Å². The Hall–Kier alpha value is -3.02. The molecule has 0 N–H and O–H groups in total. The van der Waals surface area contributed by atoms with Gasteiger partial charge in [-0.05, 0) is 35.9 Å². The van der Waals surface area contributed by atoms with E-state index in [0.29, 0.717) is 29.6 Å². The van der Waals surface area contributed by atoms with Gasteiger partial charge in [0.15, 0.2) is 11.5 Å². The van der Waals surface area contributed by atoms with Gasteiger partial charge in [0, 0.05) is 5.56 Å². The fourth-order valence-corrected chi connectivity index (χ4v) is 2.34. The molecule has 6 heteroatoms. The molecule has 2 aromatic carbocycles. The maximum Gasteiger partial charge on any atom is 0.231 e. The second kappa shape index (κ2) is 7.04. The van der Waals surface area contributed by atoms with E-state index in [9.17, 15) is 0 Å². The van der Waals surface area contributed by atoms with Crippen molar-refractivity contribution in [2.75, 3.05) is 21.3 Å². The number of ether oxygens (including phenoxy) is 3.